The maximum Gasteiger partial charge on any atom is 0.285 e. The molecule has 2 rings (SSSR count). The molecule has 6 nitrogen and oxygen atoms in total. The van der Waals surface area contributed by atoms with Gasteiger partial charge in [-0.05, 0) is 44.4 Å². The molecule has 0 bridgehead atoms. The van der Waals surface area contributed by atoms with E-state index in [-0.39, 0.29) is 18.7 Å². The van der Waals surface area contributed by atoms with Crippen LogP contribution in [0.5, 0.6) is 5.75 Å². The van der Waals surface area contributed by atoms with E-state index < -0.39 is 11.7 Å². The van der Waals surface area contributed by atoms with Gasteiger partial charge in [0.2, 0.25) is 0 Å². The van der Waals surface area contributed by atoms with Gasteiger partial charge in [-0.25, -0.2) is 4.68 Å². The molecule has 0 saturated heterocycles. The second kappa shape index (κ2) is 7.28. The van der Waals surface area contributed by atoms with Crippen molar-refractivity contribution < 1.29 is 9.84 Å². The minimum Gasteiger partial charge on any atom is -0.490 e. The summed E-state index contributed by atoms with van der Waals surface area (Å²) >= 11 is 0. The van der Waals surface area contributed by atoms with E-state index in [1.54, 1.807) is 13.8 Å². The van der Waals surface area contributed by atoms with Crippen LogP contribution in [0.4, 0.5) is 0 Å². The smallest absolute Gasteiger partial charge is 0.285 e. The van der Waals surface area contributed by atoms with E-state index in [0.717, 1.165) is 21.6 Å². The first-order chi connectivity index (χ1) is 11.3. The average Bonchev–Trinajstić information content (AvgIpc) is 2.53. The molecule has 1 heterocycles. The molecule has 0 radical (unpaired) electrons. The number of hydrogen-bond donors (Lipinski definition) is 1. The number of aliphatic hydroxyl groups is 1. The predicted octanol–water partition coefficient (Wildman–Crippen LogP) is 1.79. The van der Waals surface area contributed by atoms with E-state index in [2.05, 4.69) is 5.10 Å². The minimum atomic E-state index is -0.914. The number of para-hydroxylation sites is 1. The van der Waals surface area contributed by atoms with E-state index in [9.17, 15) is 9.90 Å². The number of rotatable bonds is 5. The summed E-state index contributed by atoms with van der Waals surface area (Å²) in [5.74, 6) is 0.731. The van der Waals surface area contributed by atoms with E-state index >= 15 is 0 Å². The Kier molecular flexibility index (Phi) is 5.37. The van der Waals surface area contributed by atoms with Crippen molar-refractivity contribution in [3.8, 4) is 11.8 Å². The van der Waals surface area contributed by atoms with Gasteiger partial charge in [0.1, 0.15) is 30.1 Å². The Labute approximate surface area is 140 Å². The Morgan fingerprint density at radius 3 is 2.50 bits per heavy atom. The SMILES string of the molecule is Cc1cccc(C)c1OCC(O)Cn1nc(C)c(C)c(C#N)c1=O. The lowest BCUT2D eigenvalue weighted by Crippen LogP contribution is -2.34. The zero-order valence-corrected chi connectivity index (χ0v) is 14.3. The van der Waals surface area contributed by atoms with Crippen LogP contribution in [0.15, 0.2) is 23.0 Å². The average molecular weight is 327 g/mol. The number of nitriles is 1. The lowest BCUT2D eigenvalue weighted by molar-refractivity contribution is 0.0871. The normalized spacial score (nSPS) is 11.8. The molecule has 0 aliphatic carbocycles. The number of aliphatic hydroxyl groups excluding tert-OH is 1. The summed E-state index contributed by atoms with van der Waals surface area (Å²) in [4.78, 5) is 12.2. The summed E-state index contributed by atoms with van der Waals surface area (Å²) in [5.41, 5.74) is 2.69. The zero-order chi connectivity index (χ0) is 17.9. The molecular formula is C18H21N3O3. The van der Waals surface area contributed by atoms with Gasteiger partial charge in [-0.2, -0.15) is 10.4 Å². The van der Waals surface area contributed by atoms with Gasteiger partial charge in [-0.3, -0.25) is 4.79 Å². The molecule has 1 aromatic carbocycles. The van der Waals surface area contributed by atoms with Gasteiger partial charge in [0.25, 0.3) is 5.56 Å². The molecule has 126 valence electrons. The lowest BCUT2D eigenvalue weighted by Gasteiger charge is -2.16. The van der Waals surface area contributed by atoms with Crippen LogP contribution in [0.1, 0.15) is 27.9 Å². The summed E-state index contributed by atoms with van der Waals surface area (Å²) in [6.07, 6.45) is -0.914. The van der Waals surface area contributed by atoms with Crippen LogP contribution in [-0.2, 0) is 6.54 Å². The maximum absolute atomic E-state index is 12.2. The van der Waals surface area contributed by atoms with Crippen molar-refractivity contribution in [2.24, 2.45) is 0 Å². The van der Waals surface area contributed by atoms with E-state index in [4.69, 9.17) is 10.00 Å². The topological polar surface area (TPSA) is 88.1 Å². The summed E-state index contributed by atoms with van der Waals surface area (Å²) in [7, 11) is 0. The number of aromatic nitrogens is 2. The molecule has 0 amide bonds. The summed E-state index contributed by atoms with van der Waals surface area (Å²) in [6.45, 7) is 7.29. The molecular weight excluding hydrogens is 306 g/mol. The highest BCUT2D eigenvalue weighted by atomic mass is 16.5. The second-order valence-corrected chi connectivity index (χ2v) is 5.87. The molecule has 1 unspecified atom stereocenters. The van der Waals surface area contributed by atoms with Gasteiger partial charge in [-0.15, -0.1) is 0 Å². The highest BCUT2D eigenvalue weighted by Crippen LogP contribution is 2.22. The van der Waals surface area contributed by atoms with Gasteiger partial charge in [0.15, 0.2) is 0 Å². The molecule has 0 saturated carbocycles. The molecule has 6 heteroatoms. The predicted molar refractivity (Wildman–Crippen MR) is 90.1 cm³/mol. The van der Waals surface area contributed by atoms with Crippen molar-refractivity contribution in [2.45, 2.75) is 40.3 Å². The largest absolute Gasteiger partial charge is 0.490 e. The van der Waals surface area contributed by atoms with Crippen LogP contribution in [0.3, 0.4) is 0 Å². The number of benzene rings is 1. The Hall–Kier alpha value is -2.65. The minimum absolute atomic E-state index is 0.0282. The molecule has 2 aromatic rings. The first-order valence-corrected chi connectivity index (χ1v) is 7.70. The fourth-order valence-electron chi connectivity index (χ4n) is 2.49. The van der Waals surface area contributed by atoms with Crippen molar-refractivity contribution in [3.05, 3.63) is 56.5 Å². The Balaban J connectivity index is 2.14. The number of aryl methyl sites for hydroxylation is 3. The third-order valence-corrected chi connectivity index (χ3v) is 3.96. The molecule has 0 fully saturated rings. The third kappa shape index (κ3) is 3.63. The summed E-state index contributed by atoms with van der Waals surface area (Å²) in [6, 6.07) is 7.71. The van der Waals surface area contributed by atoms with E-state index in [1.165, 1.54) is 0 Å². The van der Waals surface area contributed by atoms with Crippen molar-refractivity contribution >= 4 is 0 Å². The van der Waals surface area contributed by atoms with Crippen LogP contribution < -0.4 is 10.3 Å². The molecule has 1 aromatic heterocycles. The highest BCUT2D eigenvalue weighted by Gasteiger charge is 2.15. The van der Waals surface area contributed by atoms with E-state index in [0.29, 0.717) is 11.3 Å². The molecule has 0 spiro atoms. The van der Waals surface area contributed by atoms with Crippen molar-refractivity contribution in [1.82, 2.24) is 9.78 Å². The van der Waals surface area contributed by atoms with Crippen molar-refractivity contribution in [1.29, 1.82) is 5.26 Å². The van der Waals surface area contributed by atoms with Crippen LogP contribution in [0, 0.1) is 39.0 Å². The molecule has 1 N–H and O–H groups in total. The van der Waals surface area contributed by atoms with Gasteiger partial charge in [0.05, 0.1) is 12.2 Å². The monoisotopic (exact) mass is 327 g/mol. The number of ether oxygens (including phenoxy) is 1. The zero-order valence-electron chi connectivity index (χ0n) is 14.3. The fourth-order valence-corrected chi connectivity index (χ4v) is 2.49. The first-order valence-electron chi connectivity index (χ1n) is 7.70. The van der Waals surface area contributed by atoms with Gasteiger partial charge < -0.3 is 9.84 Å². The van der Waals surface area contributed by atoms with Gasteiger partial charge >= 0.3 is 0 Å². The number of nitrogens with zero attached hydrogens (tertiary/aromatic N) is 3. The molecule has 0 aliphatic rings. The Morgan fingerprint density at radius 2 is 1.92 bits per heavy atom. The third-order valence-electron chi connectivity index (χ3n) is 3.96. The van der Waals surface area contributed by atoms with Gasteiger partial charge in [-0.1, -0.05) is 18.2 Å². The summed E-state index contributed by atoms with van der Waals surface area (Å²) < 4.78 is 6.82. The van der Waals surface area contributed by atoms with Gasteiger partial charge in [0, 0.05) is 0 Å². The van der Waals surface area contributed by atoms with Crippen molar-refractivity contribution in [3.63, 3.8) is 0 Å². The first kappa shape index (κ1) is 17.7. The Bertz CT molecular complexity index is 830. The van der Waals surface area contributed by atoms with Crippen LogP contribution in [-0.4, -0.2) is 27.6 Å². The summed E-state index contributed by atoms with van der Waals surface area (Å²) in [5, 5.41) is 23.5. The van der Waals surface area contributed by atoms with Crippen LogP contribution in [0.25, 0.3) is 0 Å². The quantitative estimate of drug-likeness (QED) is 0.904. The standard InChI is InChI=1S/C18H21N3O3/c1-11-6-5-7-12(2)17(11)24-10-15(22)9-21-18(23)16(8-19)13(3)14(4)20-21/h5-7,15,22H,9-10H2,1-4H3. The second-order valence-electron chi connectivity index (χ2n) is 5.87. The fraction of sp³-hybridized carbons (Fsp3) is 0.389. The molecule has 1 atom stereocenters. The maximum atomic E-state index is 12.2. The van der Waals surface area contributed by atoms with Crippen LogP contribution in [0.2, 0.25) is 0 Å². The van der Waals surface area contributed by atoms with E-state index in [1.807, 2.05) is 38.1 Å². The lowest BCUT2D eigenvalue weighted by atomic mass is 10.1. The van der Waals surface area contributed by atoms with Crippen molar-refractivity contribution in [2.75, 3.05) is 6.61 Å². The highest BCUT2D eigenvalue weighted by molar-refractivity contribution is 5.39. The number of hydrogen-bond acceptors (Lipinski definition) is 5. The molecule has 0 aliphatic heterocycles. The Morgan fingerprint density at radius 1 is 1.29 bits per heavy atom. The molecule has 24 heavy (non-hydrogen) atoms. The van der Waals surface area contributed by atoms with Crippen LogP contribution >= 0.6 is 0 Å².